The van der Waals surface area contributed by atoms with Crippen LogP contribution in [0.2, 0.25) is 0 Å². The third kappa shape index (κ3) is 2.92. The molecule has 0 radical (unpaired) electrons. The molecule has 6 atom stereocenters. The number of rotatable bonds is 3. The Labute approximate surface area is 133 Å². The minimum Gasteiger partial charge on any atom is -0.387 e. The van der Waals surface area contributed by atoms with Crippen LogP contribution in [0.3, 0.4) is 0 Å². The molecule has 2 heterocycles. The van der Waals surface area contributed by atoms with E-state index in [2.05, 4.69) is 10.0 Å². The van der Waals surface area contributed by atoms with Crippen LogP contribution < -0.4 is 0 Å². The van der Waals surface area contributed by atoms with Gasteiger partial charge in [0.15, 0.2) is 12.1 Å². The molecule has 0 saturated carbocycles. The normalized spacial score (nSPS) is 40.0. The summed E-state index contributed by atoms with van der Waals surface area (Å²) in [6.45, 7) is 2.03. The number of methoxy groups -OCH3 is 1. The number of hydrogen-bond donors (Lipinski definition) is 1. The van der Waals surface area contributed by atoms with Crippen LogP contribution in [-0.4, -0.2) is 49.5 Å². The number of aliphatic hydroxyl groups excluding tert-OH is 1. The number of nitrogens with zero attached hydrogens (tertiary/aromatic N) is 3. The van der Waals surface area contributed by atoms with Crippen LogP contribution in [0.1, 0.15) is 12.5 Å². The zero-order valence-electron chi connectivity index (χ0n) is 12.9. The van der Waals surface area contributed by atoms with Crippen molar-refractivity contribution in [2.75, 3.05) is 13.7 Å². The summed E-state index contributed by atoms with van der Waals surface area (Å²) >= 11 is 0. The van der Waals surface area contributed by atoms with Gasteiger partial charge in [-0.15, -0.1) is 0 Å². The molecule has 2 aliphatic rings. The average molecular weight is 321 g/mol. The molecule has 0 amide bonds. The third-order valence-electron chi connectivity index (χ3n) is 4.24. The molecule has 1 aromatic rings. The highest BCUT2D eigenvalue weighted by molar-refractivity contribution is 5.20. The monoisotopic (exact) mass is 321 g/mol. The van der Waals surface area contributed by atoms with Gasteiger partial charge in [0.2, 0.25) is 0 Å². The highest BCUT2D eigenvalue weighted by atomic mass is 16.8. The van der Waals surface area contributed by atoms with Crippen LogP contribution in [0, 0.1) is 0 Å². The molecule has 8 nitrogen and oxygen atoms in total. The van der Waals surface area contributed by atoms with E-state index in [0.29, 0.717) is 0 Å². The quantitative estimate of drug-likeness (QED) is 0.518. The maximum atomic E-state index is 10.3. The van der Waals surface area contributed by atoms with Gasteiger partial charge in [0, 0.05) is 17.6 Å². The first-order valence-corrected chi connectivity index (χ1v) is 7.37. The van der Waals surface area contributed by atoms with Crippen molar-refractivity contribution in [2.24, 2.45) is 5.11 Å². The minimum absolute atomic E-state index is 0.236. The van der Waals surface area contributed by atoms with Crippen molar-refractivity contribution in [1.82, 2.24) is 0 Å². The van der Waals surface area contributed by atoms with Gasteiger partial charge >= 0.3 is 0 Å². The van der Waals surface area contributed by atoms with Crippen LogP contribution in [0.25, 0.3) is 10.4 Å². The Bertz CT molecular complexity index is 594. The van der Waals surface area contributed by atoms with Gasteiger partial charge < -0.3 is 24.1 Å². The Morgan fingerprint density at radius 3 is 2.78 bits per heavy atom. The van der Waals surface area contributed by atoms with Crippen molar-refractivity contribution in [3.63, 3.8) is 0 Å². The van der Waals surface area contributed by atoms with Crippen molar-refractivity contribution < 1.29 is 24.1 Å². The lowest BCUT2D eigenvalue weighted by Gasteiger charge is -2.49. The fourth-order valence-electron chi connectivity index (χ4n) is 3.00. The number of ether oxygens (including phenoxy) is 4. The molecule has 3 rings (SSSR count). The lowest BCUT2D eigenvalue weighted by molar-refractivity contribution is -0.373. The zero-order chi connectivity index (χ0) is 16.4. The number of benzene rings is 1. The van der Waals surface area contributed by atoms with Crippen molar-refractivity contribution in [3.05, 3.63) is 46.3 Å². The van der Waals surface area contributed by atoms with Gasteiger partial charge in [0.25, 0.3) is 0 Å². The van der Waals surface area contributed by atoms with Gasteiger partial charge in [-0.3, -0.25) is 0 Å². The number of azide groups is 1. The summed E-state index contributed by atoms with van der Waals surface area (Å²) in [6.07, 6.45) is -3.13. The number of aliphatic hydroxyl groups is 1. The molecular formula is C15H19N3O5. The topological polar surface area (TPSA) is 106 Å². The van der Waals surface area contributed by atoms with E-state index in [1.165, 1.54) is 7.11 Å². The Balaban J connectivity index is 1.89. The van der Waals surface area contributed by atoms with E-state index in [-0.39, 0.29) is 6.61 Å². The van der Waals surface area contributed by atoms with Crippen LogP contribution in [0.4, 0.5) is 0 Å². The predicted molar refractivity (Wildman–Crippen MR) is 79.2 cm³/mol. The van der Waals surface area contributed by atoms with E-state index < -0.39 is 36.4 Å². The summed E-state index contributed by atoms with van der Waals surface area (Å²) in [6, 6.07) is 8.63. The summed E-state index contributed by atoms with van der Waals surface area (Å²) in [5.74, 6) is -1.01. The Morgan fingerprint density at radius 2 is 2.13 bits per heavy atom. The molecule has 0 spiro atoms. The number of fused-ring (bicyclic) bond motifs is 1. The van der Waals surface area contributed by atoms with Crippen molar-refractivity contribution in [2.45, 2.75) is 43.4 Å². The second kappa shape index (κ2) is 6.45. The first kappa shape index (κ1) is 16.2. The standard InChI is InChI=1S/C15H19N3O5/c1-15(9-6-4-3-5-7-9)21-8-10-13(23-15)11(17-18-16)12(19)14(20-2)22-10/h3-7,10-14,19H,8H2,1-2H3/t10-,11-,12+,13-,14-,15-/m1/s1. The molecule has 124 valence electrons. The van der Waals surface area contributed by atoms with E-state index in [4.69, 9.17) is 24.5 Å². The van der Waals surface area contributed by atoms with Crippen LogP contribution >= 0.6 is 0 Å². The molecule has 23 heavy (non-hydrogen) atoms. The molecule has 0 aromatic heterocycles. The number of hydrogen-bond acceptors (Lipinski definition) is 6. The second-order valence-electron chi connectivity index (χ2n) is 5.67. The molecule has 2 saturated heterocycles. The van der Waals surface area contributed by atoms with Crippen molar-refractivity contribution in [3.8, 4) is 0 Å². The molecule has 0 aliphatic carbocycles. The van der Waals surface area contributed by atoms with E-state index in [1.807, 2.05) is 30.3 Å². The van der Waals surface area contributed by atoms with Gasteiger partial charge in [-0.25, -0.2) is 0 Å². The molecule has 2 fully saturated rings. The van der Waals surface area contributed by atoms with Gasteiger partial charge in [0.1, 0.15) is 18.3 Å². The minimum atomic E-state index is -1.12. The van der Waals surface area contributed by atoms with Crippen molar-refractivity contribution in [1.29, 1.82) is 0 Å². The first-order chi connectivity index (χ1) is 11.1. The van der Waals surface area contributed by atoms with Gasteiger partial charge in [-0.1, -0.05) is 35.4 Å². The summed E-state index contributed by atoms with van der Waals surface area (Å²) in [5, 5.41) is 14.0. The molecule has 1 N–H and O–H groups in total. The lowest BCUT2D eigenvalue weighted by Crippen LogP contribution is -2.63. The lowest BCUT2D eigenvalue weighted by atomic mass is 9.94. The van der Waals surface area contributed by atoms with Crippen LogP contribution in [0.5, 0.6) is 0 Å². The smallest absolute Gasteiger partial charge is 0.192 e. The van der Waals surface area contributed by atoms with Crippen LogP contribution in [-0.2, 0) is 24.7 Å². The molecule has 0 bridgehead atoms. The highest BCUT2D eigenvalue weighted by Gasteiger charge is 2.52. The van der Waals surface area contributed by atoms with E-state index in [0.717, 1.165) is 5.56 Å². The SMILES string of the molecule is CO[C@@H]1O[C@@H]2CO[C@@](C)(c3ccccc3)O[C@H]2[C@H](N=[N+]=[N-])[C@@H]1O. The Kier molecular flexibility index (Phi) is 4.54. The maximum absolute atomic E-state index is 10.3. The van der Waals surface area contributed by atoms with Gasteiger partial charge in [-0.2, -0.15) is 0 Å². The molecule has 8 heteroatoms. The van der Waals surface area contributed by atoms with E-state index >= 15 is 0 Å². The molecule has 1 aromatic carbocycles. The first-order valence-electron chi connectivity index (χ1n) is 7.37. The largest absolute Gasteiger partial charge is 0.387 e. The van der Waals surface area contributed by atoms with E-state index in [9.17, 15) is 5.11 Å². The fourth-order valence-corrected chi connectivity index (χ4v) is 3.00. The zero-order valence-corrected chi connectivity index (χ0v) is 12.9. The maximum Gasteiger partial charge on any atom is 0.192 e. The van der Waals surface area contributed by atoms with Gasteiger partial charge in [-0.05, 0) is 12.5 Å². The Hall–Kier alpha value is -1.67. The summed E-state index contributed by atoms with van der Waals surface area (Å²) in [4.78, 5) is 2.82. The summed E-state index contributed by atoms with van der Waals surface area (Å²) in [5.41, 5.74) is 9.65. The second-order valence-corrected chi connectivity index (χ2v) is 5.67. The van der Waals surface area contributed by atoms with E-state index in [1.54, 1.807) is 6.92 Å². The Morgan fingerprint density at radius 1 is 1.39 bits per heavy atom. The summed E-state index contributed by atoms with van der Waals surface area (Å²) < 4.78 is 22.7. The molecular weight excluding hydrogens is 302 g/mol. The predicted octanol–water partition coefficient (Wildman–Crippen LogP) is 1.69. The van der Waals surface area contributed by atoms with Crippen LogP contribution in [0.15, 0.2) is 35.4 Å². The fraction of sp³-hybridized carbons (Fsp3) is 0.600. The third-order valence-corrected chi connectivity index (χ3v) is 4.24. The van der Waals surface area contributed by atoms with Gasteiger partial charge in [0.05, 0.1) is 12.6 Å². The summed E-state index contributed by atoms with van der Waals surface area (Å²) in [7, 11) is 1.42. The highest BCUT2D eigenvalue weighted by Crippen LogP contribution is 2.39. The molecule has 0 unspecified atom stereocenters. The van der Waals surface area contributed by atoms with Crippen molar-refractivity contribution >= 4 is 0 Å². The average Bonchev–Trinajstić information content (AvgIpc) is 2.58. The molecule has 2 aliphatic heterocycles.